The standard InChI is InChI=1S/C15H18O/c1-14-9-7-12(11-14)8-10-15(14,16)13-5-3-2-4-6-13/h2-7,9,12,16H,8,10-11H2,1H3/t12-,14-,15+/m0/s1. The highest BCUT2D eigenvalue weighted by Gasteiger charge is 2.52. The highest BCUT2D eigenvalue weighted by Crippen LogP contribution is 2.56. The van der Waals surface area contributed by atoms with Crippen LogP contribution >= 0.6 is 0 Å². The summed E-state index contributed by atoms with van der Waals surface area (Å²) in [5, 5.41) is 11.0. The molecule has 3 atom stereocenters. The Morgan fingerprint density at radius 3 is 2.75 bits per heavy atom. The van der Waals surface area contributed by atoms with E-state index < -0.39 is 5.60 Å². The van der Waals surface area contributed by atoms with Gasteiger partial charge in [-0.1, -0.05) is 49.4 Å². The van der Waals surface area contributed by atoms with Crippen molar-refractivity contribution in [2.24, 2.45) is 11.3 Å². The van der Waals surface area contributed by atoms with E-state index in [1.165, 1.54) is 0 Å². The molecule has 0 aliphatic heterocycles. The minimum atomic E-state index is -0.669. The summed E-state index contributed by atoms with van der Waals surface area (Å²) in [6.07, 6.45) is 7.61. The van der Waals surface area contributed by atoms with Gasteiger partial charge in [-0.25, -0.2) is 0 Å². The van der Waals surface area contributed by atoms with E-state index in [-0.39, 0.29) is 5.41 Å². The molecule has 2 bridgehead atoms. The number of hydrogen-bond acceptors (Lipinski definition) is 1. The smallest absolute Gasteiger partial charge is 0.0984 e. The molecule has 1 aromatic carbocycles. The van der Waals surface area contributed by atoms with Crippen LogP contribution in [0.4, 0.5) is 0 Å². The van der Waals surface area contributed by atoms with Gasteiger partial charge >= 0.3 is 0 Å². The lowest BCUT2D eigenvalue weighted by molar-refractivity contribution is -0.0887. The van der Waals surface area contributed by atoms with Gasteiger partial charge in [-0.3, -0.25) is 0 Å². The Morgan fingerprint density at radius 1 is 1.25 bits per heavy atom. The van der Waals surface area contributed by atoms with Gasteiger partial charge in [0.25, 0.3) is 0 Å². The van der Waals surface area contributed by atoms with Gasteiger partial charge in [0, 0.05) is 5.41 Å². The maximum Gasteiger partial charge on any atom is 0.0984 e. The van der Waals surface area contributed by atoms with E-state index in [0.717, 1.165) is 24.8 Å². The summed E-state index contributed by atoms with van der Waals surface area (Å²) in [5.41, 5.74) is 0.331. The van der Waals surface area contributed by atoms with Gasteiger partial charge in [0.1, 0.15) is 0 Å². The topological polar surface area (TPSA) is 20.2 Å². The molecule has 0 saturated heterocycles. The predicted molar refractivity (Wildman–Crippen MR) is 64.9 cm³/mol. The van der Waals surface area contributed by atoms with E-state index in [0.29, 0.717) is 5.92 Å². The Labute approximate surface area is 96.8 Å². The van der Waals surface area contributed by atoms with E-state index in [1.807, 2.05) is 18.2 Å². The fourth-order valence-electron chi connectivity index (χ4n) is 3.40. The van der Waals surface area contributed by atoms with Crippen molar-refractivity contribution in [3.63, 3.8) is 0 Å². The first-order chi connectivity index (χ1) is 7.64. The second kappa shape index (κ2) is 3.21. The molecule has 1 aromatic rings. The van der Waals surface area contributed by atoms with Crippen molar-refractivity contribution in [3.05, 3.63) is 48.0 Å². The van der Waals surface area contributed by atoms with Crippen molar-refractivity contribution < 1.29 is 5.11 Å². The molecule has 1 N–H and O–H groups in total. The van der Waals surface area contributed by atoms with E-state index in [2.05, 4.69) is 31.2 Å². The van der Waals surface area contributed by atoms with Crippen LogP contribution in [0.1, 0.15) is 31.7 Å². The van der Waals surface area contributed by atoms with Crippen molar-refractivity contribution in [2.45, 2.75) is 31.8 Å². The molecule has 0 aromatic heterocycles. The summed E-state index contributed by atoms with van der Waals surface area (Å²) in [6.45, 7) is 2.19. The Balaban J connectivity index is 2.08. The summed E-state index contributed by atoms with van der Waals surface area (Å²) in [4.78, 5) is 0. The number of benzene rings is 1. The van der Waals surface area contributed by atoms with Crippen molar-refractivity contribution in [2.75, 3.05) is 0 Å². The Hall–Kier alpha value is -1.08. The largest absolute Gasteiger partial charge is 0.384 e. The molecule has 1 saturated carbocycles. The minimum absolute atomic E-state index is 0.0722. The van der Waals surface area contributed by atoms with Gasteiger partial charge in [0.2, 0.25) is 0 Å². The molecule has 2 aliphatic carbocycles. The zero-order valence-electron chi connectivity index (χ0n) is 9.69. The highest BCUT2D eigenvalue weighted by molar-refractivity contribution is 5.31. The van der Waals surface area contributed by atoms with E-state index in [4.69, 9.17) is 0 Å². The van der Waals surface area contributed by atoms with Gasteiger partial charge in [0.15, 0.2) is 0 Å². The first-order valence-electron chi connectivity index (χ1n) is 6.11. The van der Waals surface area contributed by atoms with Crippen LogP contribution in [0, 0.1) is 11.3 Å². The molecule has 1 nitrogen and oxygen atoms in total. The van der Waals surface area contributed by atoms with Gasteiger partial charge in [0.05, 0.1) is 5.60 Å². The molecule has 0 unspecified atom stereocenters. The van der Waals surface area contributed by atoms with Crippen molar-refractivity contribution in [1.29, 1.82) is 0 Å². The maximum atomic E-state index is 11.0. The number of allylic oxidation sites excluding steroid dienone is 1. The molecular weight excluding hydrogens is 196 g/mol. The van der Waals surface area contributed by atoms with Crippen LogP contribution < -0.4 is 0 Å². The van der Waals surface area contributed by atoms with E-state index >= 15 is 0 Å². The molecule has 16 heavy (non-hydrogen) atoms. The molecule has 3 rings (SSSR count). The second-order valence-corrected chi connectivity index (χ2v) is 5.51. The average molecular weight is 214 g/mol. The molecule has 1 fully saturated rings. The molecule has 0 spiro atoms. The lowest BCUT2D eigenvalue weighted by Gasteiger charge is -2.46. The van der Waals surface area contributed by atoms with E-state index in [9.17, 15) is 5.11 Å². The van der Waals surface area contributed by atoms with E-state index in [1.54, 1.807) is 0 Å². The fourth-order valence-corrected chi connectivity index (χ4v) is 3.40. The number of fused-ring (bicyclic) bond motifs is 2. The predicted octanol–water partition coefficient (Wildman–Crippen LogP) is 3.25. The second-order valence-electron chi connectivity index (χ2n) is 5.51. The Kier molecular flexibility index (Phi) is 2.02. The van der Waals surface area contributed by atoms with Crippen LogP contribution in [-0.4, -0.2) is 5.11 Å². The molecule has 0 amide bonds. The van der Waals surface area contributed by atoms with Crippen molar-refractivity contribution in [3.8, 4) is 0 Å². The summed E-state index contributed by atoms with van der Waals surface area (Å²) in [7, 11) is 0. The Morgan fingerprint density at radius 2 is 2.00 bits per heavy atom. The fraction of sp³-hybridized carbons (Fsp3) is 0.467. The number of hydrogen-bond donors (Lipinski definition) is 1. The van der Waals surface area contributed by atoms with Crippen LogP contribution in [0.15, 0.2) is 42.5 Å². The summed E-state index contributed by atoms with van der Waals surface area (Å²) < 4.78 is 0. The highest BCUT2D eigenvalue weighted by atomic mass is 16.3. The van der Waals surface area contributed by atoms with Crippen LogP contribution in [0.2, 0.25) is 0 Å². The normalized spacial score (nSPS) is 41.2. The lowest BCUT2D eigenvalue weighted by atomic mass is 9.62. The molecule has 84 valence electrons. The first kappa shape index (κ1) is 10.1. The maximum absolute atomic E-state index is 11.0. The van der Waals surface area contributed by atoms with Crippen molar-refractivity contribution >= 4 is 0 Å². The zero-order chi connectivity index (χ0) is 11.2. The zero-order valence-corrected chi connectivity index (χ0v) is 9.69. The number of rotatable bonds is 1. The lowest BCUT2D eigenvalue weighted by Crippen LogP contribution is -2.44. The molecule has 0 heterocycles. The molecular formula is C15H18O. The van der Waals surface area contributed by atoms with Crippen molar-refractivity contribution in [1.82, 2.24) is 0 Å². The SMILES string of the molecule is C[C@@]12C=C[C@@H](CC[C@@]1(O)c1ccccc1)C2. The van der Waals surface area contributed by atoms with Crippen LogP contribution in [-0.2, 0) is 5.60 Å². The first-order valence-corrected chi connectivity index (χ1v) is 6.11. The molecule has 1 heteroatoms. The molecule has 2 aliphatic rings. The average Bonchev–Trinajstić information content (AvgIpc) is 2.65. The summed E-state index contributed by atoms with van der Waals surface area (Å²) >= 11 is 0. The Bertz CT molecular complexity index is 422. The molecule has 0 radical (unpaired) electrons. The quantitative estimate of drug-likeness (QED) is 0.711. The summed E-state index contributed by atoms with van der Waals surface area (Å²) in [6, 6.07) is 10.1. The van der Waals surface area contributed by atoms with Gasteiger partial charge in [-0.15, -0.1) is 0 Å². The summed E-state index contributed by atoms with van der Waals surface area (Å²) in [5.74, 6) is 0.689. The third kappa shape index (κ3) is 1.21. The van der Waals surface area contributed by atoms with Crippen LogP contribution in [0.3, 0.4) is 0 Å². The minimum Gasteiger partial charge on any atom is -0.384 e. The third-order valence-electron chi connectivity index (χ3n) is 4.50. The van der Waals surface area contributed by atoms with Gasteiger partial charge < -0.3 is 5.11 Å². The van der Waals surface area contributed by atoms with Crippen LogP contribution in [0.25, 0.3) is 0 Å². The monoisotopic (exact) mass is 214 g/mol. The van der Waals surface area contributed by atoms with Gasteiger partial charge in [-0.2, -0.15) is 0 Å². The number of aliphatic hydroxyl groups is 1. The van der Waals surface area contributed by atoms with Crippen LogP contribution in [0.5, 0.6) is 0 Å². The third-order valence-corrected chi connectivity index (χ3v) is 4.50. The van der Waals surface area contributed by atoms with Gasteiger partial charge in [-0.05, 0) is 30.7 Å².